The quantitative estimate of drug-likeness (QED) is 0.359. The van der Waals surface area contributed by atoms with E-state index in [0.717, 1.165) is 12.1 Å². The minimum absolute atomic E-state index is 0.00767. The molecule has 0 atom stereocenters. The number of nitrogens with one attached hydrogen (secondary N) is 2. The van der Waals surface area contributed by atoms with E-state index in [1.54, 1.807) is 13.0 Å². The summed E-state index contributed by atoms with van der Waals surface area (Å²) in [5, 5.41) is 2.58. The molecule has 0 spiro atoms. The number of ketones is 1. The van der Waals surface area contributed by atoms with Crippen molar-refractivity contribution in [2.45, 2.75) is 13.1 Å². The molecule has 0 fully saturated rings. The summed E-state index contributed by atoms with van der Waals surface area (Å²) in [6.07, 6.45) is -3.49. The number of amides is 1. The van der Waals surface area contributed by atoms with Gasteiger partial charge in [-0.25, -0.2) is 0 Å². The van der Waals surface area contributed by atoms with Gasteiger partial charge < -0.3 is 16.0 Å². The van der Waals surface area contributed by atoms with Crippen molar-refractivity contribution in [1.82, 2.24) is 4.98 Å². The fourth-order valence-corrected chi connectivity index (χ4v) is 2.78. The Labute approximate surface area is 165 Å². The molecule has 9 heteroatoms. The van der Waals surface area contributed by atoms with Crippen LogP contribution in [0.15, 0.2) is 48.7 Å². The van der Waals surface area contributed by atoms with Crippen molar-refractivity contribution in [3.05, 3.63) is 76.6 Å². The molecule has 2 radical (unpaired) electrons. The summed E-state index contributed by atoms with van der Waals surface area (Å²) in [6.45, 7) is 1.74. The molecule has 5 nitrogen and oxygen atoms in total. The maximum atomic E-state index is 13.2. The minimum Gasteiger partial charge on any atom is -0.397 e. The molecule has 3 aromatic rings. The third-order valence-corrected chi connectivity index (χ3v) is 4.35. The monoisotopic (exact) mass is 397 g/mol. The fraction of sp³-hybridized carbons (Fsp3) is 0.100. The molecule has 0 bridgehead atoms. The van der Waals surface area contributed by atoms with Crippen LogP contribution >= 0.6 is 0 Å². The highest BCUT2D eigenvalue weighted by molar-refractivity contribution is 6.34. The van der Waals surface area contributed by atoms with Crippen molar-refractivity contribution in [3.63, 3.8) is 0 Å². The minimum atomic E-state index is -4.67. The molecule has 0 unspecified atom stereocenters. The van der Waals surface area contributed by atoms with Crippen LogP contribution in [0.3, 0.4) is 0 Å². The van der Waals surface area contributed by atoms with E-state index < -0.39 is 29.0 Å². The number of halogens is 3. The second kappa shape index (κ2) is 7.50. The smallest absolute Gasteiger partial charge is 0.397 e. The highest BCUT2D eigenvalue weighted by Crippen LogP contribution is 2.33. The van der Waals surface area contributed by atoms with Crippen LogP contribution in [-0.2, 0) is 6.18 Å². The number of aromatic nitrogens is 1. The Balaban J connectivity index is 1.85. The van der Waals surface area contributed by atoms with Gasteiger partial charge in [0.05, 0.1) is 16.9 Å². The van der Waals surface area contributed by atoms with Crippen molar-refractivity contribution in [2.75, 3.05) is 11.1 Å². The average molecular weight is 397 g/mol. The van der Waals surface area contributed by atoms with Crippen LogP contribution in [0, 0.1) is 6.92 Å². The van der Waals surface area contributed by atoms with E-state index in [1.165, 1.54) is 30.5 Å². The Morgan fingerprint density at radius 2 is 1.83 bits per heavy atom. The molecule has 1 amide bonds. The molecule has 1 heterocycles. The lowest BCUT2D eigenvalue weighted by Crippen LogP contribution is -2.16. The molecule has 4 N–H and O–H groups in total. The molecule has 0 saturated carbocycles. The van der Waals surface area contributed by atoms with E-state index in [9.17, 15) is 22.8 Å². The highest BCUT2D eigenvalue weighted by atomic mass is 19.4. The third-order valence-electron chi connectivity index (χ3n) is 4.35. The van der Waals surface area contributed by atoms with Crippen LogP contribution in [0.5, 0.6) is 0 Å². The zero-order chi connectivity index (χ0) is 21.3. The summed E-state index contributed by atoms with van der Waals surface area (Å²) >= 11 is 0. The van der Waals surface area contributed by atoms with Gasteiger partial charge in [-0.05, 0) is 31.2 Å². The first-order chi connectivity index (χ1) is 13.6. The Morgan fingerprint density at radius 3 is 2.52 bits per heavy atom. The second-order valence-electron chi connectivity index (χ2n) is 6.42. The first-order valence-corrected chi connectivity index (χ1v) is 8.44. The van der Waals surface area contributed by atoms with Crippen molar-refractivity contribution in [3.8, 4) is 0 Å². The second-order valence-corrected chi connectivity index (χ2v) is 6.42. The maximum Gasteiger partial charge on any atom is 0.417 e. The van der Waals surface area contributed by atoms with Crippen molar-refractivity contribution in [1.29, 1.82) is 0 Å². The Kier molecular flexibility index (Phi) is 5.24. The normalized spacial score (nSPS) is 11.3. The third kappa shape index (κ3) is 4.18. The number of rotatable bonds is 4. The van der Waals surface area contributed by atoms with E-state index in [2.05, 4.69) is 10.3 Å². The molecular formula is C20H15BF3N3O2. The summed E-state index contributed by atoms with van der Waals surface area (Å²) in [7, 11) is 5.75. The van der Waals surface area contributed by atoms with Gasteiger partial charge in [0.25, 0.3) is 5.91 Å². The molecule has 0 aliphatic heterocycles. The largest absolute Gasteiger partial charge is 0.417 e. The lowest BCUT2D eigenvalue weighted by Gasteiger charge is -2.11. The molecule has 1 aromatic heterocycles. The van der Waals surface area contributed by atoms with E-state index in [-0.39, 0.29) is 16.9 Å². The number of aromatic amines is 1. The van der Waals surface area contributed by atoms with Crippen molar-refractivity contribution >= 4 is 36.4 Å². The van der Waals surface area contributed by atoms with Crippen LogP contribution in [0.1, 0.15) is 37.5 Å². The summed E-state index contributed by atoms with van der Waals surface area (Å²) in [6, 6.07) is 8.75. The number of anilines is 2. The molecule has 2 aromatic carbocycles. The van der Waals surface area contributed by atoms with E-state index >= 15 is 0 Å². The zero-order valence-corrected chi connectivity index (χ0v) is 15.2. The van der Waals surface area contributed by atoms with Gasteiger partial charge in [-0.1, -0.05) is 29.2 Å². The summed E-state index contributed by atoms with van der Waals surface area (Å²) < 4.78 is 39.5. The molecular weight excluding hydrogens is 382 g/mol. The van der Waals surface area contributed by atoms with Gasteiger partial charge in [-0.2, -0.15) is 13.2 Å². The standard InChI is InChI=1S/C20H15BF3N3O2/c1-10-6-16(15(25)8-14(10)21)27-19(29)17-7-11(9-26-17)18(28)12-4-2-3-5-13(12)20(22,23)24/h2-9,26H,25H2,1H3,(H,27,29). The number of hydrogen-bond donors (Lipinski definition) is 3. The van der Waals surface area contributed by atoms with Gasteiger partial charge >= 0.3 is 6.18 Å². The van der Waals surface area contributed by atoms with Crippen LogP contribution in [0.25, 0.3) is 0 Å². The van der Waals surface area contributed by atoms with Crippen molar-refractivity contribution < 1.29 is 22.8 Å². The molecule has 3 rings (SSSR count). The number of alkyl halides is 3. The predicted molar refractivity (Wildman–Crippen MR) is 105 cm³/mol. The van der Waals surface area contributed by atoms with Crippen LogP contribution in [0.2, 0.25) is 0 Å². The number of carbonyl (C=O) groups excluding carboxylic acids is 2. The van der Waals surface area contributed by atoms with E-state index in [1.807, 2.05) is 0 Å². The Morgan fingerprint density at radius 1 is 1.14 bits per heavy atom. The van der Waals surface area contributed by atoms with Gasteiger partial charge in [0.15, 0.2) is 5.78 Å². The molecule has 146 valence electrons. The van der Waals surface area contributed by atoms with E-state index in [0.29, 0.717) is 16.7 Å². The number of hydrogen-bond acceptors (Lipinski definition) is 3. The van der Waals surface area contributed by atoms with Gasteiger partial charge in [0, 0.05) is 17.3 Å². The van der Waals surface area contributed by atoms with Gasteiger partial charge in [-0.15, -0.1) is 0 Å². The van der Waals surface area contributed by atoms with Gasteiger partial charge in [-0.3, -0.25) is 9.59 Å². The Hall–Kier alpha value is -3.49. The topological polar surface area (TPSA) is 88.0 Å². The number of nitrogens with two attached hydrogens (primary N) is 1. The Bertz CT molecular complexity index is 1110. The lowest BCUT2D eigenvalue weighted by atomic mass is 9.90. The van der Waals surface area contributed by atoms with Crippen LogP contribution in [-0.4, -0.2) is 24.5 Å². The molecule has 0 saturated heterocycles. The van der Waals surface area contributed by atoms with Crippen molar-refractivity contribution in [2.24, 2.45) is 0 Å². The molecule has 29 heavy (non-hydrogen) atoms. The summed E-state index contributed by atoms with van der Waals surface area (Å²) in [5.74, 6) is -1.46. The van der Waals surface area contributed by atoms with Crippen LogP contribution < -0.4 is 16.5 Å². The number of aryl methyl sites for hydroxylation is 1. The zero-order valence-electron chi connectivity index (χ0n) is 15.2. The predicted octanol–water partition coefficient (Wildman–Crippen LogP) is 3.20. The van der Waals surface area contributed by atoms with E-state index in [4.69, 9.17) is 13.6 Å². The van der Waals surface area contributed by atoms with Crippen LogP contribution in [0.4, 0.5) is 24.5 Å². The molecule has 0 aliphatic carbocycles. The highest BCUT2D eigenvalue weighted by Gasteiger charge is 2.35. The fourth-order valence-electron chi connectivity index (χ4n) is 2.78. The summed E-state index contributed by atoms with van der Waals surface area (Å²) in [4.78, 5) is 27.6. The first kappa shape index (κ1) is 20.3. The van der Waals surface area contributed by atoms with Gasteiger partial charge in [0.1, 0.15) is 13.5 Å². The number of nitrogen functional groups attached to an aromatic ring is 1. The average Bonchev–Trinajstić information content (AvgIpc) is 3.15. The summed E-state index contributed by atoms with van der Waals surface area (Å²) in [5.41, 5.74) is 5.98. The SMILES string of the molecule is [B]c1cc(N)c(NC(=O)c2cc(C(=O)c3ccccc3C(F)(F)F)c[nH]2)cc1C. The number of H-pyrrole nitrogens is 1. The lowest BCUT2D eigenvalue weighted by molar-refractivity contribution is -0.137. The van der Waals surface area contributed by atoms with Gasteiger partial charge in [0.2, 0.25) is 0 Å². The first-order valence-electron chi connectivity index (χ1n) is 8.44. The molecule has 0 aliphatic rings. The number of benzene rings is 2. The maximum absolute atomic E-state index is 13.2. The number of carbonyl (C=O) groups is 2.